The Labute approximate surface area is 166 Å². The molecule has 142 valence electrons. The number of benzene rings is 2. The molecule has 1 atom stereocenters. The lowest BCUT2D eigenvalue weighted by molar-refractivity contribution is 0.276. The number of hydrogen-bond donors (Lipinski definition) is 3. The zero-order chi connectivity index (χ0) is 19.7. The summed E-state index contributed by atoms with van der Waals surface area (Å²) in [5, 5.41) is 21.0. The molecule has 3 N–H and O–H groups in total. The van der Waals surface area contributed by atoms with Gasteiger partial charge < -0.3 is 10.4 Å². The third kappa shape index (κ3) is 3.44. The summed E-state index contributed by atoms with van der Waals surface area (Å²) < 4.78 is 14.7. The van der Waals surface area contributed by atoms with Crippen LogP contribution in [0.25, 0.3) is 22.0 Å². The van der Waals surface area contributed by atoms with E-state index in [-0.39, 0.29) is 17.8 Å². The number of rotatable bonds is 5. The molecule has 0 spiro atoms. The predicted molar refractivity (Wildman–Crippen MR) is 109 cm³/mol. The molecule has 0 bridgehead atoms. The van der Waals surface area contributed by atoms with Crippen molar-refractivity contribution in [1.82, 2.24) is 15.2 Å². The third-order valence-electron chi connectivity index (χ3n) is 4.69. The van der Waals surface area contributed by atoms with Crippen LogP contribution < -0.4 is 5.32 Å². The molecular weight excluding hydrogens is 379 g/mol. The Bertz CT molecular complexity index is 1130. The first-order valence-corrected chi connectivity index (χ1v) is 9.17. The smallest absolute Gasteiger partial charge is 0.137 e. The Kier molecular flexibility index (Phi) is 4.98. The van der Waals surface area contributed by atoms with Gasteiger partial charge in [-0.3, -0.25) is 5.10 Å². The van der Waals surface area contributed by atoms with Crippen molar-refractivity contribution in [3.63, 3.8) is 0 Å². The van der Waals surface area contributed by atoms with E-state index in [1.807, 2.05) is 37.3 Å². The van der Waals surface area contributed by atoms with Crippen LogP contribution >= 0.6 is 11.6 Å². The van der Waals surface area contributed by atoms with E-state index >= 15 is 0 Å². The second kappa shape index (κ2) is 7.58. The summed E-state index contributed by atoms with van der Waals surface area (Å²) >= 11 is 6.28. The van der Waals surface area contributed by atoms with Crippen LogP contribution in [-0.2, 0) is 0 Å². The van der Waals surface area contributed by atoms with Gasteiger partial charge in [0.25, 0.3) is 0 Å². The number of aliphatic hydroxyl groups excluding tert-OH is 1. The standard InChI is InChI=1S/C21H18ClFN4O/c1-12-15-8-16(18(23)9-19(15)27-26-12)17-7-14(10-24-21(17)22)25-20(11-28)13-5-3-2-4-6-13/h2-10,20,25,28H,11H2,1H3,(H,26,27). The highest BCUT2D eigenvalue weighted by molar-refractivity contribution is 6.32. The normalized spacial score (nSPS) is 12.3. The highest BCUT2D eigenvalue weighted by Crippen LogP contribution is 2.34. The minimum absolute atomic E-state index is 0.101. The fraction of sp³-hybridized carbons (Fsp3) is 0.143. The number of nitrogens with zero attached hydrogens (tertiary/aromatic N) is 2. The van der Waals surface area contributed by atoms with Crippen LogP contribution in [0.4, 0.5) is 10.1 Å². The van der Waals surface area contributed by atoms with Crippen molar-refractivity contribution in [2.75, 3.05) is 11.9 Å². The quantitative estimate of drug-likeness (QED) is 0.421. The molecule has 7 heteroatoms. The first-order chi connectivity index (χ1) is 13.6. The molecule has 0 radical (unpaired) electrons. The Morgan fingerprint density at radius 1 is 1.18 bits per heavy atom. The largest absolute Gasteiger partial charge is 0.394 e. The Morgan fingerprint density at radius 3 is 2.71 bits per heavy atom. The molecule has 0 amide bonds. The molecule has 1 unspecified atom stereocenters. The van der Waals surface area contributed by atoms with Crippen LogP contribution in [0.1, 0.15) is 17.3 Å². The van der Waals surface area contributed by atoms with Gasteiger partial charge in [-0.2, -0.15) is 5.10 Å². The number of aryl methyl sites for hydroxylation is 1. The number of halogens is 2. The second-order valence-corrected chi connectivity index (χ2v) is 6.91. The minimum Gasteiger partial charge on any atom is -0.394 e. The van der Waals surface area contributed by atoms with E-state index in [4.69, 9.17) is 11.6 Å². The van der Waals surface area contributed by atoms with Gasteiger partial charge in [-0.15, -0.1) is 0 Å². The molecule has 0 saturated carbocycles. The number of aliphatic hydroxyl groups is 1. The zero-order valence-corrected chi connectivity index (χ0v) is 15.8. The number of aromatic nitrogens is 3. The Balaban J connectivity index is 1.73. The van der Waals surface area contributed by atoms with E-state index < -0.39 is 5.82 Å². The second-order valence-electron chi connectivity index (χ2n) is 6.55. The number of H-pyrrole nitrogens is 1. The lowest BCUT2D eigenvalue weighted by Gasteiger charge is -2.18. The highest BCUT2D eigenvalue weighted by atomic mass is 35.5. The van der Waals surface area contributed by atoms with Crippen LogP contribution in [0.2, 0.25) is 5.15 Å². The van der Waals surface area contributed by atoms with E-state index in [2.05, 4.69) is 20.5 Å². The number of anilines is 1. The molecule has 5 nitrogen and oxygen atoms in total. The van der Waals surface area contributed by atoms with Gasteiger partial charge in [0, 0.05) is 28.3 Å². The van der Waals surface area contributed by atoms with Gasteiger partial charge >= 0.3 is 0 Å². The van der Waals surface area contributed by atoms with Gasteiger partial charge in [0.05, 0.1) is 30.0 Å². The first kappa shape index (κ1) is 18.4. The van der Waals surface area contributed by atoms with Crippen LogP contribution in [0.5, 0.6) is 0 Å². The van der Waals surface area contributed by atoms with Gasteiger partial charge in [0.15, 0.2) is 0 Å². The lowest BCUT2D eigenvalue weighted by atomic mass is 10.0. The summed E-state index contributed by atoms with van der Waals surface area (Å²) in [7, 11) is 0. The average molecular weight is 397 g/mol. The summed E-state index contributed by atoms with van der Waals surface area (Å²) in [6.45, 7) is 1.77. The maximum atomic E-state index is 14.7. The van der Waals surface area contributed by atoms with Crippen LogP contribution in [-0.4, -0.2) is 26.9 Å². The van der Waals surface area contributed by atoms with Gasteiger partial charge in [-0.25, -0.2) is 9.37 Å². The van der Waals surface area contributed by atoms with E-state index in [9.17, 15) is 9.50 Å². The molecule has 2 aromatic heterocycles. The number of pyridine rings is 1. The summed E-state index contributed by atoms with van der Waals surface area (Å²) in [5.41, 5.74) is 3.78. The van der Waals surface area contributed by atoms with Crippen molar-refractivity contribution >= 4 is 28.2 Å². The van der Waals surface area contributed by atoms with E-state index in [0.29, 0.717) is 22.3 Å². The first-order valence-electron chi connectivity index (χ1n) is 8.79. The zero-order valence-electron chi connectivity index (χ0n) is 15.1. The van der Waals surface area contributed by atoms with Crippen molar-refractivity contribution in [2.45, 2.75) is 13.0 Å². The van der Waals surface area contributed by atoms with Crippen molar-refractivity contribution in [3.8, 4) is 11.1 Å². The third-order valence-corrected chi connectivity index (χ3v) is 4.99. The number of nitrogens with one attached hydrogen (secondary N) is 2. The number of aromatic amines is 1. The average Bonchev–Trinajstić information content (AvgIpc) is 3.07. The minimum atomic E-state index is -0.429. The van der Waals surface area contributed by atoms with Crippen molar-refractivity contribution in [2.24, 2.45) is 0 Å². The molecule has 0 saturated heterocycles. The lowest BCUT2D eigenvalue weighted by Crippen LogP contribution is -2.15. The molecular formula is C21H18ClFN4O. The summed E-state index contributed by atoms with van der Waals surface area (Å²) in [4.78, 5) is 4.20. The molecule has 0 aliphatic heterocycles. The van der Waals surface area contributed by atoms with Gasteiger partial charge in [0.2, 0.25) is 0 Å². The molecule has 0 aliphatic rings. The van der Waals surface area contributed by atoms with Crippen LogP contribution in [0.3, 0.4) is 0 Å². The van der Waals surface area contributed by atoms with Gasteiger partial charge in [-0.1, -0.05) is 41.9 Å². The van der Waals surface area contributed by atoms with Gasteiger partial charge in [0.1, 0.15) is 11.0 Å². The van der Waals surface area contributed by atoms with Crippen molar-refractivity contribution in [3.05, 3.63) is 77.0 Å². The van der Waals surface area contributed by atoms with E-state index in [0.717, 1.165) is 16.6 Å². The molecule has 4 aromatic rings. The maximum absolute atomic E-state index is 14.7. The number of fused-ring (bicyclic) bond motifs is 1. The molecule has 0 fully saturated rings. The molecule has 2 heterocycles. The van der Waals surface area contributed by atoms with Gasteiger partial charge in [-0.05, 0) is 24.6 Å². The maximum Gasteiger partial charge on any atom is 0.137 e. The highest BCUT2D eigenvalue weighted by Gasteiger charge is 2.16. The summed E-state index contributed by atoms with van der Waals surface area (Å²) in [6, 6.07) is 14.1. The van der Waals surface area contributed by atoms with Crippen LogP contribution in [0, 0.1) is 12.7 Å². The molecule has 4 rings (SSSR count). The molecule has 2 aromatic carbocycles. The Hall–Kier alpha value is -2.96. The molecule has 0 aliphatic carbocycles. The van der Waals surface area contributed by atoms with E-state index in [1.165, 1.54) is 6.07 Å². The fourth-order valence-electron chi connectivity index (χ4n) is 3.20. The van der Waals surface area contributed by atoms with Crippen molar-refractivity contribution < 1.29 is 9.50 Å². The fourth-order valence-corrected chi connectivity index (χ4v) is 3.41. The van der Waals surface area contributed by atoms with Crippen molar-refractivity contribution in [1.29, 1.82) is 0 Å². The van der Waals surface area contributed by atoms with E-state index in [1.54, 1.807) is 18.3 Å². The topological polar surface area (TPSA) is 73.8 Å². The summed E-state index contributed by atoms with van der Waals surface area (Å²) in [6.07, 6.45) is 1.57. The van der Waals surface area contributed by atoms with Crippen LogP contribution in [0.15, 0.2) is 54.7 Å². The predicted octanol–water partition coefficient (Wildman–Crippen LogP) is 4.87. The summed E-state index contributed by atoms with van der Waals surface area (Å²) in [5.74, 6) is -0.429. The SMILES string of the molecule is Cc1[nH]nc2cc(F)c(-c3cc(NC(CO)c4ccccc4)cnc3Cl)cc12. The number of hydrogen-bond acceptors (Lipinski definition) is 4. The monoisotopic (exact) mass is 396 g/mol. The Morgan fingerprint density at radius 2 is 1.96 bits per heavy atom. The molecule has 28 heavy (non-hydrogen) atoms.